The Morgan fingerprint density at radius 2 is 1.79 bits per heavy atom. The van der Waals surface area contributed by atoms with Gasteiger partial charge in [0.25, 0.3) is 0 Å². The molecule has 0 aromatic heterocycles. The maximum atomic E-state index is 14.0. The molecule has 0 atom stereocenters. The van der Waals surface area contributed by atoms with Crippen LogP contribution in [-0.4, -0.2) is 29.2 Å². The Morgan fingerprint density at radius 1 is 1.21 bits per heavy atom. The van der Waals surface area contributed by atoms with Crippen molar-refractivity contribution in [3.8, 4) is 0 Å². The van der Waals surface area contributed by atoms with Crippen molar-refractivity contribution < 1.29 is 22.9 Å². The molecule has 130 valence electrons. The van der Waals surface area contributed by atoms with Crippen molar-refractivity contribution in [2.24, 2.45) is 0 Å². The van der Waals surface area contributed by atoms with Crippen LogP contribution in [0.2, 0.25) is 0 Å². The molecule has 0 unspecified atom stereocenters. The van der Waals surface area contributed by atoms with E-state index in [0.29, 0.717) is 5.47 Å². The Morgan fingerprint density at radius 3 is 2.33 bits per heavy atom. The molecule has 1 aliphatic heterocycles. The van der Waals surface area contributed by atoms with Crippen LogP contribution in [0.4, 0.5) is 8.78 Å². The average molecular weight is 354 g/mol. The number of rotatable bonds is 4. The molecular weight excluding hydrogens is 333 g/mol. The van der Waals surface area contributed by atoms with Crippen LogP contribution < -0.4 is 0 Å². The first-order valence-electron chi connectivity index (χ1n) is 7.66. The molecule has 0 spiro atoms. The van der Waals surface area contributed by atoms with Crippen molar-refractivity contribution in [2.75, 3.05) is 5.75 Å². The highest BCUT2D eigenvalue weighted by molar-refractivity contribution is 8.13. The molecule has 1 aromatic rings. The topological polar surface area (TPSA) is 35.5 Å². The second-order valence-electron chi connectivity index (χ2n) is 6.75. The summed E-state index contributed by atoms with van der Waals surface area (Å²) in [4.78, 5) is 11.3. The van der Waals surface area contributed by atoms with Crippen molar-refractivity contribution in [1.82, 2.24) is 0 Å². The van der Waals surface area contributed by atoms with Crippen molar-refractivity contribution in [3.05, 3.63) is 40.9 Å². The number of thioether (sulfide) groups is 1. The number of carbonyl (C=O) groups excluding carboxylic acids is 1. The van der Waals surface area contributed by atoms with Crippen LogP contribution in [0.5, 0.6) is 0 Å². The Balaban J connectivity index is 2.37. The van der Waals surface area contributed by atoms with E-state index in [1.807, 2.05) is 27.7 Å². The van der Waals surface area contributed by atoms with Gasteiger partial charge in [-0.2, -0.15) is 0 Å². The standard InChI is InChI=1S/C17H21BF2O3S/c1-11(21)24-10-13(8-12-9-14(19)6-7-15(12)20)18-22-16(2,3)17(4,5)23-18/h6-9H,10H2,1-5H3. The zero-order valence-corrected chi connectivity index (χ0v) is 15.3. The largest absolute Gasteiger partial charge is 0.491 e. The first kappa shape index (κ1) is 19.2. The number of halogens is 2. The summed E-state index contributed by atoms with van der Waals surface area (Å²) in [5, 5.41) is -0.0721. The summed E-state index contributed by atoms with van der Waals surface area (Å²) in [5.41, 5.74) is -0.432. The molecule has 1 heterocycles. The number of hydrogen-bond acceptors (Lipinski definition) is 4. The Hall–Kier alpha value is -1.18. The van der Waals surface area contributed by atoms with E-state index in [9.17, 15) is 13.6 Å². The number of benzene rings is 1. The third-order valence-electron chi connectivity index (χ3n) is 4.30. The minimum absolute atomic E-state index is 0.0721. The first-order valence-corrected chi connectivity index (χ1v) is 8.65. The van der Waals surface area contributed by atoms with Gasteiger partial charge in [0.1, 0.15) is 11.6 Å². The summed E-state index contributed by atoms with van der Waals surface area (Å²) in [6.07, 6.45) is 1.50. The third-order valence-corrected chi connectivity index (χ3v) is 5.18. The van der Waals surface area contributed by atoms with Crippen LogP contribution in [0.3, 0.4) is 0 Å². The summed E-state index contributed by atoms with van der Waals surface area (Å²) in [6, 6.07) is 3.24. The molecule has 0 saturated carbocycles. The average Bonchev–Trinajstić information content (AvgIpc) is 2.66. The molecule has 0 N–H and O–H groups in total. The fourth-order valence-corrected chi connectivity index (χ4v) is 2.77. The molecule has 1 saturated heterocycles. The minimum atomic E-state index is -0.718. The minimum Gasteiger partial charge on any atom is -0.400 e. The quantitative estimate of drug-likeness (QED) is 0.757. The molecule has 0 radical (unpaired) electrons. The van der Waals surface area contributed by atoms with E-state index in [1.54, 1.807) is 0 Å². The first-order chi connectivity index (χ1) is 11.0. The molecule has 1 aliphatic rings. The lowest BCUT2D eigenvalue weighted by Crippen LogP contribution is -2.41. The summed E-state index contributed by atoms with van der Waals surface area (Å²) < 4.78 is 39.3. The Bertz CT molecular complexity index is 658. The molecule has 0 bridgehead atoms. The van der Waals surface area contributed by atoms with Crippen LogP contribution in [0.1, 0.15) is 40.2 Å². The van der Waals surface area contributed by atoms with Crippen molar-refractivity contribution >= 4 is 30.1 Å². The smallest absolute Gasteiger partial charge is 0.400 e. The molecule has 0 aliphatic carbocycles. The van der Waals surface area contributed by atoms with Gasteiger partial charge in [0, 0.05) is 18.2 Å². The molecule has 1 aromatic carbocycles. The van der Waals surface area contributed by atoms with Gasteiger partial charge < -0.3 is 9.31 Å². The van der Waals surface area contributed by atoms with Gasteiger partial charge in [-0.1, -0.05) is 17.8 Å². The maximum Gasteiger partial charge on any atom is 0.491 e. The van der Waals surface area contributed by atoms with Crippen LogP contribution in [0.15, 0.2) is 23.7 Å². The second-order valence-corrected chi connectivity index (χ2v) is 7.91. The highest BCUT2D eigenvalue weighted by Gasteiger charge is 2.52. The predicted octanol–water partition coefficient (Wildman–Crippen LogP) is 4.26. The van der Waals surface area contributed by atoms with E-state index in [0.717, 1.165) is 30.0 Å². The lowest BCUT2D eigenvalue weighted by molar-refractivity contribution is -0.109. The number of carbonyl (C=O) groups is 1. The Kier molecular flexibility index (Phi) is 5.57. The van der Waals surface area contributed by atoms with Crippen LogP contribution >= 0.6 is 11.8 Å². The van der Waals surface area contributed by atoms with Crippen molar-refractivity contribution in [2.45, 2.75) is 45.8 Å². The Labute approximate surface area is 145 Å². The van der Waals surface area contributed by atoms with Gasteiger partial charge in [-0.25, -0.2) is 8.78 Å². The van der Waals surface area contributed by atoms with E-state index in [2.05, 4.69) is 0 Å². The van der Waals surface area contributed by atoms with Crippen LogP contribution in [-0.2, 0) is 14.1 Å². The zero-order chi connectivity index (χ0) is 18.1. The van der Waals surface area contributed by atoms with Gasteiger partial charge in [0.05, 0.1) is 11.2 Å². The fraction of sp³-hybridized carbons (Fsp3) is 0.471. The van der Waals surface area contributed by atoms with Gasteiger partial charge >= 0.3 is 7.12 Å². The van der Waals surface area contributed by atoms with Gasteiger partial charge in [-0.05, 0) is 51.4 Å². The predicted molar refractivity (Wildman–Crippen MR) is 93.6 cm³/mol. The van der Waals surface area contributed by atoms with E-state index in [-0.39, 0.29) is 16.4 Å². The lowest BCUT2D eigenvalue weighted by Gasteiger charge is -2.32. The summed E-state index contributed by atoms with van der Waals surface area (Å²) in [5.74, 6) is -0.796. The SMILES string of the molecule is CC(=O)SCC(=Cc1cc(F)ccc1F)B1OC(C)(C)C(C)(C)O1. The fourth-order valence-electron chi connectivity index (χ4n) is 2.18. The lowest BCUT2D eigenvalue weighted by atomic mass is 9.78. The van der Waals surface area contributed by atoms with Gasteiger partial charge in [-0.15, -0.1) is 0 Å². The molecule has 0 amide bonds. The van der Waals surface area contributed by atoms with Crippen molar-refractivity contribution in [1.29, 1.82) is 0 Å². The van der Waals surface area contributed by atoms with E-state index in [1.165, 1.54) is 13.0 Å². The second kappa shape index (κ2) is 6.98. The van der Waals surface area contributed by atoms with Gasteiger partial charge in [-0.3, -0.25) is 4.79 Å². The van der Waals surface area contributed by atoms with Crippen LogP contribution in [0.25, 0.3) is 6.08 Å². The van der Waals surface area contributed by atoms with Crippen molar-refractivity contribution in [3.63, 3.8) is 0 Å². The van der Waals surface area contributed by atoms with E-state index >= 15 is 0 Å². The molecule has 2 rings (SSSR count). The third kappa shape index (κ3) is 4.26. The van der Waals surface area contributed by atoms with E-state index in [4.69, 9.17) is 9.31 Å². The normalized spacial score (nSPS) is 19.6. The molecule has 7 heteroatoms. The van der Waals surface area contributed by atoms with Gasteiger partial charge in [0.15, 0.2) is 5.12 Å². The molecule has 1 fully saturated rings. The molecular formula is C17H21BF2O3S. The highest BCUT2D eigenvalue weighted by atomic mass is 32.2. The van der Waals surface area contributed by atoms with Crippen LogP contribution in [0, 0.1) is 11.6 Å². The van der Waals surface area contributed by atoms with Gasteiger partial charge in [0.2, 0.25) is 0 Å². The zero-order valence-electron chi connectivity index (χ0n) is 14.5. The highest BCUT2D eigenvalue weighted by Crippen LogP contribution is 2.39. The van der Waals surface area contributed by atoms with E-state index < -0.39 is 30.0 Å². The summed E-state index contributed by atoms with van der Waals surface area (Å²) in [6.45, 7) is 9.09. The summed E-state index contributed by atoms with van der Waals surface area (Å²) >= 11 is 1.07. The molecule has 3 nitrogen and oxygen atoms in total. The summed E-state index contributed by atoms with van der Waals surface area (Å²) in [7, 11) is -0.718. The maximum absolute atomic E-state index is 14.0. The monoisotopic (exact) mass is 354 g/mol. The number of hydrogen-bond donors (Lipinski definition) is 0. The molecule has 24 heavy (non-hydrogen) atoms.